The molecule has 0 radical (unpaired) electrons. The van der Waals surface area contributed by atoms with Crippen molar-refractivity contribution in [1.82, 2.24) is 5.32 Å². The number of ether oxygens (including phenoxy) is 1. The molecule has 4 rings (SSSR count). The molecule has 1 heterocycles. The van der Waals surface area contributed by atoms with E-state index in [-0.39, 0.29) is 24.3 Å². The topological polar surface area (TPSA) is 75.7 Å². The number of benzene rings is 2. The molecule has 7 heteroatoms. The van der Waals surface area contributed by atoms with Crippen LogP contribution in [0.4, 0.5) is 5.69 Å². The van der Waals surface area contributed by atoms with E-state index in [4.69, 9.17) is 4.74 Å². The number of hydrogen-bond donors (Lipinski definition) is 1. The molecule has 1 aliphatic rings. The molecule has 1 N–H and O–H groups in total. The van der Waals surface area contributed by atoms with E-state index in [1.165, 1.54) is 23.3 Å². The normalized spacial score (nSPS) is 14.4. The van der Waals surface area contributed by atoms with Crippen LogP contribution < -0.4 is 10.2 Å². The molecular weight excluding hydrogens is 448 g/mol. The van der Waals surface area contributed by atoms with E-state index in [1.54, 1.807) is 24.3 Å². The fraction of sp³-hybridized carbons (Fsp3) is 0.296. The summed E-state index contributed by atoms with van der Waals surface area (Å²) in [6.07, 6.45) is 4.20. The summed E-state index contributed by atoms with van der Waals surface area (Å²) in [5.74, 6) is -0.944. The summed E-state index contributed by atoms with van der Waals surface area (Å²) >= 11 is 1.50. The Morgan fingerprint density at radius 2 is 1.79 bits per heavy atom. The lowest BCUT2D eigenvalue weighted by Crippen LogP contribution is -2.46. The van der Waals surface area contributed by atoms with Crippen LogP contribution in [0.1, 0.15) is 52.5 Å². The van der Waals surface area contributed by atoms with Crippen LogP contribution in [0.3, 0.4) is 0 Å². The summed E-state index contributed by atoms with van der Waals surface area (Å²) in [7, 11) is 1.32. The Labute approximate surface area is 203 Å². The molecule has 0 aliphatic heterocycles. The number of hydrogen-bond acceptors (Lipinski definition) is 5. The molecule has 0 spiro atoms. The monoisotopic (exact) mass is 476 g/mol. The highest BCUT2D eigenvalue weighted by Crippen LogP contribution is 2.31. The zero-order valence-electron chi connectivity index (χ0n) is 19.1. The molecule has 0 saturated heterocycles. The molecule has 34 heavy (non-hydrogen) atoms. The number of nitrogens with one attached hydrogen (secondary N) is 1. The second kappa shape index (κ2) is 11.1. The summed E-state index contributed by atoms with van der Waals surface area (Å²) in [6.45, 7) is 0. The number of amides is 2. The molecule has 6 nitrogen and oxygen atoms in total. The molecule has 0 unspecified atom stereocenters. The fourth-order valence-corrected chi connectivity index (χ4v) is 5.08. The number of methoxy groups -OCH3 is 1. The molecule has 1 aromatic heterocycles. The van der Waals surface area contributed by atoms with E-state index in [1.807, 2.05) is 47.8 Å². The maximum Gasteiger partial charge on any atom is 0.337 e. The number of rotatable bonds is 8. The highest BCUT2D eigenvalue weighted by Gasteiger charge is 2.34. The van der Waals surface area contributed by atoms with E-state index in [0.717, 1.165) is 30.6 Å². The van der Waals surface area contributed by atoms with Gasteiger partial charge in [-0.1, -0.05) is 55.3 Å². The van der Waals surface area contributed by atoms with Crippen molar-refractivity contribution in [2.24, 2.45) is 0 Å². The first-order chi connectivity index (χ1) is 16.6. The van der Waals surface area contributed by atoms with Crippen LogP contribution in [0.2, 0.25) is 0 Å². The average Bonchev–Trinajstić information content (AvgIpc) is 3.57. The first-order valence-electron chi connectivity index (χ1n) is 11.4. The third-order valence-electron chi connectivity index (χ3n) is 6.04. The van der Waals surface area contributed by atoms with Crippen molar-refractivity contribution in [1.29, 1.82) is 0 Å². The van der Waals surface area contributed by atoms with Crippen LogP contribution in [-0.2, 0) is 20.7 Å². The first-order valence-corrected chi connectivity index (χ1v) is 12.3. The number of anilines is 1. The zero-order valence-corrected chi connectivity index (χ0v) is 19.9. The van der Waals surface area contributed by atoms with E-state index >= 15 is 0 Å². The third kappa shape index (κ3) is 5.54. The number of nitrogens with zero attached hydrogens (tertiary/aromatic N) is 1. The van der Waals surface area contributed by atoms with Crippen molar-refractivity contribution in [3.63, 3.8) is 0 Å². The van der Waals surface area contributed by atoms with Crippen molar-refractivity contribution < 1.29 is 19.1 Å². The van der Waals surface area contributed by atoms with Gasteiger partial charge in [0, 0.05) is 16.6 Å². The van der Waals surface area contributed by atoms with Gasteiger partial charge in [0.2, 0.25) is 11.8 Å². The largest absolute Gasteiger partial charge is 0.465 e. The van der Waals surface area contributed by atoms with Crippen molar-refractivity contribution in [3.05, 3.63) is 88.1 Å². The van der Waals surface area contributed by atoms with Crippen LogP contribution in [-0.4, -0.2) is 30.9 Å². The Kier molecular flexibility index (Phi) is 7.75. The number of thiophene rings is 1. The van der Waals surface area contributed by atoms with Gasteiger partial charge in [-0.2, -0.15) is 0 Å². The van der Waals surface area contributed by atoms with Gasteiger partial charge in [-0.05, 0) is 48.1 Å². The zero-order chi connectivity index (χ0) is 23.9. The fourth-order valence-electron chi connectivity index (χ4n) is 4.39. The minimum Gasteiger partial charge on any atom is -0.465 e. The average molecular weight is 477 g/mol. The van der Waals surface area contributed by atoms with E-state index in [9.17, 15) is 14.4 Å². The molecule has 3 aromatic rings. The highest BCUT2D eigenvalue weighted by molar-refractivity contribution is 7.10. The van der Waals surface area contributed by atoms with E-state index in [0.29, 0.717) is 16.8 Å². The van der Waals surface area contributed by atoms with Crippen molar-refractivity contribution in [2.45, 2.75) is 44.2 Å². The summed E-state index contributed by atoms with van der Waals surface area (Å²) < 4.78 is 4.88. The van der Waals surface area contributed by atoms with E-state index < -0.39 is 12.0 Å². The lowest BCUT2D eigenvalue weighted by atomic mass is 10.0. The van der Waals surface area contributed by atoms with Gasteiger partial charge in [-0.25, -0.2) is 4.79 Å². The lowest BCUT2D eigenvalue weighted by Gasteiger charge is -2.32. The van der Waals surface area contributed by atoms with Gasteiger partial charge in [-0.15, -0.1) is 11.3 Å². The van der Waals surface area contributed by atoms with Crippen LogP contribution in [0.25, 0.3) is 0 Å². The van der Waals surface area contributed by atoms with Gasteiger partial charge in [0.05, 0.1) is 19.1 Å². The standard InChI is InChI=1S/C27H28N2O4S/c1-33-27(32)20-11-7-14-22(17-20)29(24(30)18-23-15-8-16-34-23)25(19-9-3-2-4-10-19)26(31)28-21-12-5-6-13-21/h2-4,7-11,14-17,21,25H,5-6,12-13,18H2,1H3,(H,28,31)/t25-/m1/s1. The molecule has 1 saturated carbocycles. The second-order valence-electron chi connectivity index (χ2n) is 8.36. The van der Waals surface area contributed by atoms with Crippen LogP contribution in [0.5, 0.6) is 0 Å². The second-order valence-corrected chi connectivity index (χ2v) is 9.40. The van der Waals surface area contributed by atoms with Gasteiger partial charge >= 0.3 is 5.97 Å². The quantitative estimate of drug-likeness (QED) is 0.469. The number of carbonyl (C=O) groups excluding carboxylic acids is 3. The Morgan fingerprint density at radius 1 is 1.03 bits per heavy atom. The highest BCUT2D eigenvalue weighted by atomic mass is 32.1. The Morgan fingerprint density at radius 3 is 2.47 bits per heavy atom. The number of carbonyl (C=O) groups is 3. The minimum atomic E-state index is -0.873. The lowest BCUT2D eigenvalue weighted by molar-refractivity contribution is -0.127. The third-order valence-corrected chi connectivity index (χ3v) is 6.92. The summed E-state index contributed by atoms with van der Waals surface area (Å²) in [4.78, 5) is 42.1. The van der Waals surface area contributed by atoms with Gasteiger partial charge in [0.25, 0.3) is 0 Å². The van der Waals surface area contributed by atoms with Gasteiger partial charge in [0.1, 0.15) is 6.04 Å². The van der Waals surface area contributed by atoms with Crippen LogP contribution >= 0.6 is 11.3 Å². The predicted octanol–water partition coefficient (Wildman–Crippen LogP) is 4.91. The molecule has 1 fully saturated rings. The summed E-state index contributed by atoms with van der Waals surface area (Å²) in [5, 5.41) is 5.09. The predicted molar refractivity (Wildman–Crippen MR) is 133 cm³/mol. The first kappa shape index (κ1) is 23.7. The molecule has 0 bridgehead atoms. The molecule has 176 valence electrons. The summed E-state index contributed by atoms with van der Waals surface area (Å²) in [6, 6.07) is 19.0. The Bertz CT molecular complexity index is 1120. The maximum atomic E-state index is 13.8. The van der Waals surface area contributed by atoms with E-state index in [2.05, 4.69) is 5.32 Å². The maximum absolute atomic E-state index is 13.8. The molecule has 2 aromatic carbocycles. The molecule has 1 atom stereocenters. The summed E-state index contributed by atoms with van der Waals surface area (Å²) in [5.41, 5.74) is 1.50. The van der Waals surface area contributed by atoms with Gasteiger partial charge in [-0.3, -0.25) is 14.5 Å². The van der Waals surface area contributed by atoms with Gasteiger partial charge in [0.15, 0.2) is 0 Å². The van der Waals surface area contributed by atoms with Crippen molar-refractivity contribution >= 4 is 34.8 Å². The molecule has 1 aliphatic carbocycles. The van der Waals surface area contributed by atoms with Crippen LogP contribution in [0, 0.1) is 0 Å². The Balaban J connectivity index is 1.77. The van der Waals surface area contributed by atoms with Crippen molar-refractivity contribution in [3.8, 4) is 0 Å². The molecule has 2 amide bonds. The smallest absolute Gasteiger partial charge is 0.337 e. The number of esters is 1. The SMILES string of the molecule is COC(=O)c1cccc(N(C(=O)Cc2cccs2)[C@@H](C(=O)NC2CCCC2)c2ccccc2)c1. The molecular formula is C27H28N2O4S. The van der Waals surface area contributed by atoms with Gasteiger partial charge < -0.3 is 10.1 Å². The Hall–Kier alpha value is -3.45. The van der Waals surface area contributed by atoms with Crippen molar-refractivity contribution in [2.75, 3.05) is 12.0 Å². The minimum absolute atomic E-state index is 0.106. The van der Waals surface area contributed by atoms with Crippen LogP contribution in [0.15, 0.2) is 72.1 Å².